The second-order valence-corrected chi connectivity index (χ2v) is 3.70. The van der Waals surface area contributed by atoms with E-state index in [-0.39, 0.29) is 0 Å². The van der Waals surface area contributed by atoms with Gasteiger partial charge in [0.1, 0.15) is 6.26 Å². The molecule has 3 nitrogen and oxygen atoms in total. The van der Waals surface area contributed by atoms with Gasteiger partial charge < -0.3 is 15.8 Å². The standard InChI is InChI=1S/C14H14N2O/c1-2-10(7-12(15)9-17)14-8-11-5-3-4-6-13(11)16-14/h2-9,16-17H,1,15H2/b10-7+,12-9-. The molecule has 0 amide bonds. The SMILES string of the molecule is C=C/C(=C\C(N)=C\O)c1cc2ccccc2[nH]1. The van der Waals surface area contributed by atoms with Crippen LogP contribution in [0.1, 0.15) is 5.69 Å². The Morgan fingerprint density at radius 2 is 2.12 bits per heavy atom. The van der Waals surface area contributed by atoms with Gasteiger partial charge in [-0.05, 0) is 23.8 Å². The van der Waals surface area contributed by atoms with Crippen molar-refractivity contribution in [3.05, 3.63) is 66.7 Å². The maximum absolute atomic E-state index is 8.79. The number of nitrogens with two attached hydrogens (primary N) is 1. The Labute approximate surface area is 99.6 Å². The van der Waals surface area contributed by atoms with Crippen LogP contribution < -0.4 is 5.73 Å². The van der Waals surface area contributed by atoms with E-state index in [0.29, 0.717) is 5.70 Å². The fourth-order valence-corrected chi connectivity index (χ4v) is 1.69. The first kappa shape index (κ1) is 11.1. The van der Waals surface area contributed by atoms with E-state index in [1.807, 2.05) is 30.3 Å². The van der Waals surface area contributed by atoms with Crippen molar-refractivity contribution >= 4 is 16.5 Å². The summed E-state index contributed by atoms with van der Waals surface area (Å²) in [6, 6.07) is 10.0. The second kappa shape index (κ2) is 4.61. The monoisotopic (exact) mass is 226 g/mol. The molecule has 0 aliphatic carbocycles. The fourth-order valence-electron chi connectivity index (χ4n) is 1.69. The Kier molecular flexibility index (Phi) is 3.01. The number of para-hydroxylation sites is 1. The minimum absolute atomic E-state index is 0.290. The molecule has 1 aromatic heterocycles. The van der Waals surface area contributed by atoms with Crippen molar-refractivity contribution in [2.75, 3.05) is 0 Å². The lowest BCUT2D eigenvalue weighted by Gasteiger charge is -1.98. The lowest BCUT2D eigenvalue weighted by Crippen LogP contribution is -1.94. The molecule has 0 atom stereocenters. The molecule has 1 heterocycles. The number of rotatable bonds is 3. The molecule has 0 bridgehead atoms. The van der Waals surface area contributed by atoms with Gasteiger partial charge in [-0.2, -0.15) is 0 Å². The molecule has 0 spiro atoms. The van der Waals surface area contributed by atoms with Crippen LogP contribution in [0.2, 0.25) is 0 Å². The van der Waals surface area contributed by atoms with Crippen LogP contribution in [0, 0.1) is 0 Å². The molecule has 0 aliphatic heterocycles. The topological polar surface area (TPSA) is 62.0 Å². The molecule has 0 unspecified atom stereocenters. The van der Waals surface area contributed by atoms with Crippen LogP contribution >= 0.6 is 0 Å². The highest BCUT2D eigenvalue weighted by atomic mass is 16.2. The van der Waals surface area contributed by atoms with Crippen molar-refractivity contribution in [2.24, 2.45) is 5.73 Å². The van der Waals surface area contributed by atoms with E-state index in [9.17, 15) is 0 Å². The Morgan fingerprint density at radius 1 is 1.35 bits per heavy atom. The first-order valence-corrected chi connectivity index (χ1v) is 5.26. The third-order valence-corrected chi connectivity index (χ3v) is 2.53. The van der Waals surface area contributed by atoms with E-state index in [4.69, 9.17) is 10.8 Å². The maximum Gasteiger partial charge on any atom is 0.102 e. The number of hydrogen-bond donors (Lipinski definition) is 3. The van der Waals surface area contributed by atoms with Gasteiger partial charge in [0.15, 0.2) is 0 Å². The fraction of sp³-hybridized carbons (Fsp3) is 0. The number of nitrogens with one attached hydrogen (secondary N) is 1. The minimum Gasteiger partial charge on any atom is -0.513 e. The number of hydrogen-bond acceptors (Lipinski definition) is 2. The largest absolute Gasteiger partial charge is 0.513 e. The van der Waals surface area contributed by atoms with Crippen LogP contribution in [0.25, 0.3) is 16.5 Å². The molecule has 4 N–H and O–H groups in total. The molecular formula is C14H14N2O. The van der Waals surface area contributed by atoms with Crippen molar-refractivity contribution in [3.63, 3.8) is 0 Å². The van der Waals surface area contributed by atoms with Gasteiger partial charge in [0, 0.05) is 16.6 Å². The van der Waals surface area contributed by atoms with Crippen molar-refractivity contribution in [1.82, 2.24) is 4.98 Å². The normalized spacial score (nSPS) is 12.9. The number of aromatic amines is 1. The van der Waals surface area contributed by atoms with Crippen LogP contribution in [0.3, 0.4) is 0 Å². The van der Waals surface area contributed by atoms with Crippen molar-refractivity contribution in [2.45, 2.75) is 0 Å². The number of aliphatic hydroxyl groups is 1. The molecule has 0 fully saturated rings. The summed E-state index contributed by atoms with van der Waals surface area (Å²) in [5, 5.41) is 9.92. The zero-order valence-electron chi connectivity index (χ0n) is 9.35. The summed E-state index contributed by atoms with van der Waals surface area (Å²) in [6.45, 7) is 3.74. The molecule has 17 heavy (non-hydrogen) atoms. The molecule has 0 saturated carbocycles. The van der Waals surface area contributed by atoms with Crippen LogP contribution in [0.15, 0.2) is 61.0 Å². The number of aromatic nitrogens is 1. The van der Waals surface area contributed by atoms with Crippen molar-refractivity contribution < 1.29 is 5.11 Å². The molecule has 86 valence electrons. The molecule has 0 saturated heterocycles. The van der Waals surface area contributed by atoms with Crippen molar-refractivity contribution in [1.29, 1.82) is 0 Å². The predicted molar refractivity (Wildman–Crippen MR) is 71.4 cm³/mol. The Hall–Kier alpha value is -2.42. The number of fused-ring (bicyclic) bond motifs is 1. The molecule has 0 aliphatic rings. The van der Waals surface area contributed by atoms with E-state index in [0.717, 1.165) is 28.4 Å². The van der Waals surface area contributed by atoms with Gasteiger partial charge in [-0.1, -0.05) is 30.9 Å². The van der Waals surface area contributed by atoms with Crippen LogP contribution in [-0.2, 0) is 0 Å². The Morgan fingerprint density at radius 3 is 2.76 bits per heavy atom. The van der Waals surface area contributed by atoms with Gasteiger partial charge in [0.2, 0.25) is 0 Å². The predicted octanol–water partition coefficient (Wildman–Crippen LogP) is 3.10. The molecule has 2 aromatic rings. The van der Waals surface area contributed by atoms with Crippen LogP contribution in [0.4, 0.5) is 0 Å². The number of allylic oxidation sites excluding steroid dienone is 3. The van der Waals surface area contributed by atoms with E-state index >= 15 is 0 Å². The molecule has 0 radical (unpaired) electrons. The molecule has 3 heteroatoms. The van der Waals surface area contributed by atoms with Crippen LogP contribution in [0.5, 0.6) is 0 Å². The minimum atomic E-state index is 0.290. The maximum atomic E-state index is 8.79. The third-order valence-electron chi connectivity index (χ3n) is 2.53. The van der Waals surface area contributed by atoms with Crippen molar-refractivity contribution in [3.8, 4) is 0 Å². The summed E-state index contributed by atoms with van der Waals surface area (Å²) < 4.78 is 0. The summed E-state index contributed by atoms with van der Waals surface area (Å²) in [4.78, 5) is 3.27. The lowest BCUT2D eigenvalue weighted by atomic mass is 10.1. The van der Waals surface area contributed by atoms with Gasteiger partial charge in [-0.25, -0.2) is 0 Å². The number of aliphatic hydroxyl groups excluding tert-OH is 1. The van der Waals surface area contributed by atoms with Gasteiger partial charge in [-0.3, -0.25) is 0 Å². The van der Waals surface area contributed by atoms with E-state index in [1.165, 1.54) is 0 Å². The third kappa shape index (κ3) is 2.23. The zero-order chi connectivity index (χ0) is 12.3. The van der Waals surface area contributed by atoms with E-state index in [2.05, 4.69) is 11.6 Å². The highest BCUT2D eigenvalue weighted by molar-refractivity contribution is 5.86. The average Bonchev–Trinajstić information content (AvgIpc) is 2.78. The first-order valence-electron chi connectivity index (χ1n) is 5.26. The molecule has 2 rings (SSSR count). The number of H-pyrrole nitrogens is 1. The van der Waals surface area contributed by atoms with Gasteiger partial charge in [0.25, 0.3) is 0 Å². The molecular weight excluding hydrogens is 212 g/mol. The summed E-state index contributed by atoms with van der Waals surface area (Å²) >= 11 is 0. The van der Waals surface area contributed by atoms with E-state index < -0.39 is 0 Å². The summed E-state index contributed by atoms with van der Waals surface area (Å²) in [5.41, 5.74) is 8.66. The van der Waals surface area contributed by atoms with Gasteiger partial charge in [-0.15, -0.1) is 0 Å². The highest BCUT2D eigenvalue weighted by Gasteiger charge is 2.03. The molecule has 1 aromatic carbocycles. The summed E-state index contributed by atoms with van der Waals surface area (Å²) in [7, 11) is 0. The lowest BCUT2D eigenvalue weighted by molar-refractivity contribution is 0.468. The first-order chi connectivity index (χ1) is 8.24. The average molecular weight is 226 g/mol. The quantitative estimate of drug-likeness (QED) is 0.556. The van der Waals surface area contributed by atoms with Gasteiger partial charge in [0.05, 0.1) is 5.70 Å². The zero-order valence-corrected chi connectivity index (χ0v) is 9.35. The summed E-state index contributed by atoms with van der Waals surface area (Å²) in [5.74, 6) is 0. The number of benzene rings is 1. The van der Waals surface area contributed by atoms with E-state index in [1.54, 1.807) is 12.2 Å². The Bertz CT molecular complexity index is 572. The van der Waals surface area contributed by atoms with Crippen LogP contribution in [-0.4, -0.2) is 10.1 Å². The highest BCUT2D eigenvalue weighted by Crippen LogP contribution is 2.21. The summed E-state index contributed by atoms with van der Waals surface area (Å²) in [6.07, 6.45) is 4.23. The van der Waals surface area contributed by atoms with Gasteiger partial charge >= 0.3 is 0 Å². The smallest absolute Gasteiger partial charge is 0.102 e. The second-order valence-electron chi connectivity index (χ2n) is 3.70. The Balaban J connectivity index is 2.51.